The highest BCUT2D eigenvalue weighted by atomic mass is 32.2. The van der Waals surface area contributed by atoms with E-state index in [1.165, 1.54) is 11.8 Å². The van der Waals surface area contributed by atoms with Gasteiger partial charge in [0.05, 0.1) is 0 Å². The predicted molar refractivity (Wildman–Crippen MR) is 77.4 cm³/mol. The molecule has 0 fully saturated rings. The second-order valence-corrected chi connectivity index (χ2v) is 5.02. The minimum Gasteiger partial charge on any atom is -0.357 e. The van der Waals surface area contributed by atoms with Gasteiger partial charge in [0, 0.05) is 31.8 Å². The molecule has 0 bridgehead atoms. The van der Waals surface area contributed by atoms with Crippen molar-refractivity contribution in [1.29, 1.82) is 0 Å². The normalized spacial score (nSPS) is 10.6. The van der Waals surface area contributed by atoms with E-state index in [1.807, 2.05) is 6.92 Å². The molecule has 8 nitrogen and oxygen atoms in total. The molecule has 0 saturated heterocycles. The third-order valence-corrected chi connectivity index (χ3v) is 3.23. The third-order valence-electron chi connectivity index (χ3n) is 2.48. The fourth-order valence-electron chi connectivity index (χ4n) is 1.51. The molecule has 0 aromatic carbocycles. The first-order chi connectivity index (χ1) is 10.2. The summed E-state index contributed by atoms with van der Waals surface area (Å²) in [4.78, 5) is 21.4. The molecule has 0 radical (unpaired) electrons. The molecule has 21 heavy (non-hydrogen) atoms. The van der Waals surface area contributed by atoms with Crippen molar-refractivity contribution >= 4 is 17.7 Å². The topological polar surface area (TPSA) is 94.3 Å². The smallest absolute Gasteiger partial charge is 0.256 e. The van der Waals surface area contributed by atoms with Crippen LogP contribution in [0.25, 0.3) is 5.95 Å². The van der Waals surface area contributed by atoms with E-state index in [2.05, 4.69) is 35.3 Å². The van der Waals surface area contributed by atoms with Crippen molar-refractivity contribution in [3.8, 4) is 5.95 Å². The maximum absolute atomic E-state index is 4.36. The number of aromatic nitrogens is 7. The van der Waals surface area contributed by atoms with Gasteiger partial charge >= 0.3 is 0 Å². The van der Waals surface area contributed by atoms with Crippen LogP contribution < -0.4 is 5.32 Å². The molecule has 0 spiro atoms. The largest absolute Gasteiger partial charge is 0.357 e. The van der Waals surface area contributed by atoms with Crippen LogP contribution in [0.4, 0.5) is 5.95 Å². The molecule has 106 valence electrons. The lowest BCUT2D eigenvalue weighted by molar-refractivity contribution is 0.760. The molecule has 3 rings (SSSR count). The van der Waals surface area contributed by atoms with E-state index in [-0.39, 0.29) is 0 Å². The lowest BCUT2D eigenvalue weighted by Crippen LogP contribution is -2.08. The first kappa shape index (κ1) is 13.4. The second kappa shape index (κ2) is 5.83. The van der Waals surface area contributed by atoms with Gasteiger partial charge in [0.25, 0.3) is 5.95 Å². The summed E-state index contributed by atoms with van der Waals surface area (Å²) >= 11 is 1.27. The van der Waals surface area contributed by atoms with Crippen LogP contribution >= 0.6 is 11.8 Å². The molecule has 0 saturated carbocycles. The summed E-state index contributed by atoms with van der Waals surface area (Å²) in [5, 5.41) is 8.11. The van der Waals surface area contributed by atoms with Gasteiger partial charge in [-0.05, 0) is 30.3 Å². The molecule has 3 aromatic heterocycles. The summed E-state index contributed by atoms with van der Waals surface area (Å²) in [7, 11) is 1.75. The SMILES string of the molecule is CNc1nc(Sc2ncc(C)cn2)nc(-n2cccn2)n1. The van der Waals surface area contributed by atoms with E-state index in [0.717, 1.165) is 5.56 Å². The van der Waals surface area contributed by atoms with Crippen molar-refractivity contribution in [3.05, 3.63) is 36.4 Å². The van der Waals surface area contributed by atoms with Crippen molar-refractivity contribution in [2.45, 2.75) is 17.2 Å². The van der Waals surface area contributed by atoms with Gasteiger partial charge in [-0.25, -0.2) is 14.6 Å². The molecule has 3 heterocycles. The van der Waals surface area contributed by atoms with Gasteiger partial charge in [0.15, 0.2) is 5.16 Å². The zero-order chi connectivity index (χ0) is 14.7. The minimum atomic E-state index is 0.439. The Labute approximate surface area is 125 Å². The summed E-state index contributed by atoms with van der Waals surface area (Å²) in [6.07, 6.45) is 6.94. The first-order valence-corrected chi connectivity index (χ1v) is 6.96. The molecule has 0 unspecified atom stereocenters. The molecule has 0 amide bonds. The number of nitrogens with zero attached hydrogens (tertiary/aromatic N) is 7. The lowest BCUT2D eigenvalue weighted by Gasteiger charge is -2.05. The number of aryl methyl sites for hydroxylation is 1. The second-order valence-electron chi connectivity index (χ2n) is 4.09. The zero-order valence-corrected chi connectivity index (χ0v) is 12.2. The first-order valence-electron chi connectivity index (χ1n) is 6.15. The summed E-state index contributed by atoms with van der Waals surface area (Å²) in [5.74, 6) is 0.902. The van der Waals surface area contributed by atoms with Gasteiger partial charge in [-0.1, -0.05) is 0 Å². The molecule has 3 aromatic rings. The minimum absolute atomic E-state index is 0.439. The maximum Gasteiger partial charge on any atom is 0.256 e. The Morgan fingerprint density at radius 3 is 2.57 bits per heavy atom. The molecule has 0 atom stereocenters. The van der Waals surface area contributed by atoms with Crippen molar-refractivity contribution in [2.75, 3.05) is 12.4 Å². The number of nitrogens with one attached hydrogen (secondary N) is 1. The highest BCUT2D eigenvalue weighted by Gasteiger charge is 2.10. The molecule has 9 heteroatoms. The summed E-state index contributed by atoms with van der Waals surface area (Å²) in [6.45, 7) is 1.94. The van der Waals surface area contributed by atoms with E-state index < -0.39 is 0 Å². The van der Waals surface area contributed by atoms with Gasteiger partial charge in [0.2, 0.25) is 11.1 Å². The molecule has 0 aliphatic carbocycles. The molecule has 0 aliphatic heterocycles. The average Bonchev–Trinajstić information content (AvgIpc) is 3.04. The van der Waals surface area contributed by atoms with Crippen LogP contribution in [0, 0.1) is 6.92 Å². The van der Waals surface area contributed by atoms with Gasteiger partial charge < -0.3 is 5.32 Å². The van der Waals surface area contributed by atoms with Crippen LogP contribution in [-0.2, 0) is 0 Å². The summed E-state index contributed by atoms with van der Waals surface area (Å²) < 4.78 is 1.57. The Balaban J connectivity index is 1.94. The van der Waals surface area contributed by atoms with E-state index in [4.69, 9.17) is 0 Å². The molecule has 0 aliphatic rings. The van der Waals surface area contributed by atoms with E-state index in [9.17, 15) is 0 Å². The molecular weight excluding hydrogens is 288 g/mol. The van der Waals surface area contributed by atoms with E-state index in [1.54, 1.807) is 42.6 Å². The van der Waals surface area contributed by atoms with Crippen LogP contribution in [0.3, 0.4) is 0 Å². The van der Waals surface area contributed by atoms with Crippen molar-refractivity contribution in [2.24, 2.45) is 0 Å². The summed E-state index contributed by atoms with van der Waals surface area (Å²) in [6, 6.07) is 1.80. The predicted octanol–water partition coefficient (Wildman–Crippen LogP) is 1.35. The van der Waals surface area contributed by atoms with Gasteiger partial charge in [-0.2, -0.15) is 20.1 Å². The highest BCUT2D eigenvalue weighted by Crippen LogP contribution is 2.21. The molecule has 1 N–H and O–H groups in total. The lowest BCUT2D eigenvalue weighted by atomic mass is 10.4. The number of hydrogen-bond acceptors (Lipinski definition) is 8. The van der Waals surface area contributed by atoms with E-state index in [0.29, 0.717) is 22.2 Å². The fraction of sp³-hybridized carbons (Fsp3) is 0.167. The fourth-order valence-corrected chi connectivity index (χ4v) is 2.14. The third kappa shape index (κ3) is 3.14. The van der Waals surface area contributed by atoms with Gasteiger partial charge in [-0.3, -0.25) is 0 Å². The standard InChI is InChI=1S/C12H12N8S/c1-8-6-14-11(15-7-8)21-12-18-9(13-2)17-10(19-12)20-5-3-4-16-20/h3-7H,1-2H3,(H,13,17,18,19). The Morgan fingerprint density at radius 1 is 1.10 bits per heavy atom. The Hall–Kier alpha value is -2.55. The zero-order valence-electron chi connectivity index (χ0n) is 11.4. The number of hydrogen-bond donors (Lipinski definition) is 1. The highest BCUT2D eigenvalue weighted by molar-refractivity contribution is 7.99. The average molecular weight is 300 g/mol. The van der Waals surface area contributed by atoms with Gasteiger partial charge in [-0.15, -0.1) is 0 Å². The Kier molecular flexibility index (Phi) is 3.73. The van der Waals surface area contributed by atoms with Crippen LogP contribution in [0.15, 0.2) is 41.2 Å². The van der Waals surface area contributed by atoms with Crippen LogP contribution in [0.5, 0.6) is 0 Å². The van der Waals surface area contributed by atoms with Crippen LogP contribution in [0.1, 0.15) is 5.56 Å². The van der Waals surface area contributed by atoms with Crippen molar-refractivity contribution in [1.82, 2.24) is 34.7 Å². The quantitative estimate of drug-likeness (QED) is 0.721. The van der Waals surface area contributed by atoms with Gasteiger partial charge in [0.1, 0.15) is 0 Å². The van der Waals surface area contributed by atoms with Crippen LogP contribution in [-0.4, -0.2) is 41.7 Å². The molecular formula is C12H12N8S. The number of anilines is 1. The number of rotatable bonds is 4. The Morgan fingerprint density at radius 2 is 1.90 bits per heavy atom. The van der Waals surface area contributed by atoms with E-state index >= 15 is 0 Å². The van der Waals surface area contributed by atoms with Crippen molar-refractivity contribution in [3.63, 3.8) is 0 Å². The van der Waals surface area contributed by atoms with Crippen molar-refractivity contribution < 1.29 is 0 Å². The van der Waals surface area contributed by atoms with Crippen LogP contribution in [0.2, 0.25) is 0 Å². The Bertz CT molecular complexity index is 726. The maximum atomic E-state index is 4.36. The monoisotopic (exact) mass is 300 g/mol. The summed E-state index contributed by atoms with van der Waals surface area (Å²) in [5.41, 5.74) is 1.00.